The Morgan fingerprint density at radius 3 is 1.14 bits per heavy atom. The van der Waals surface area contributed by atoms with E-state index in [0.717, 1.165) is 70.6 Å². The number of hydrogen-bond donors (Lipinski definition) is 2. The Kier molecular flexibility index (Phi) is 58.4. The molecule has 0 bridgehead atoms. The zero-order valence-corrected chi connectivity index (χ0v) is 53.3. The summed E-state index contributed by atoms with van der Waals surface area (Å²) in [5, 5.41) is 14.1. The molecule has 458 valence electrons. The third-order valence-electron chi connectivity index (χ3n) is 15.3. The highest BCUT2D eigenvalue weighted by atomic mass is 31.2. The number of nitrogens with zero attached hydrogens (tertiary/aromatic N) is 1. The van der Waals surface area contributed by atoms with E-state index >= 15 is 0 Å². The largest absolute Gasteiger partial charge is 0.756 e. The Morgan fingerprint density at radius 2 is 0.782 bits per heavy atom. The van der Waals surface area contributed by atoms with E-state index in [9.17, 15) is 19.4 Å². The van der Waals surface area contributed by atoms with Crippen LogP contribution in [0.2, 0.25) is 0 Å². The Balaban J connectivity index is 4.07. The van der Waals surface area contributed by atoms with E-state index in [4.69, 9.17) is 9.05 Å². The van der Waals surface area contributed by atoms with Gasteiger partial charge < -0.3 is 28.8 Å². The molecule has 0 aliphatic carbocycles. The molecule has 8 nitrogen and oxygen atoms in total. The van der Waals surface area contributed by atoms with Gasteiger partial charge in [-0.3, -0.25) is 9.36 Å². The molecule has 0 spiro atoms. The van der Waals surface area contributed by atoms with Gasteiger partial charge in [-0.15, -0.1) is 0 Å². The van der Waals surface area contributed by atoms with Crippen molar-refractivity contribution in [3.05, 3.63) is 60.8 Å². The summed E-state index contributed by atoms with van der Waals surface area (Å²) in [6, 6.07) is -0.805. The van der Waals surface area contributed by atoms with Crippen LogP contribution in [0.1, 0.15) is 322 Å². The average Bonchev–Trinajstić information content (AvgIpc) is 3.41. The lowest BCUT2D eigenvalue weighted by molar-refractivity contribution is -0.870. The van der Waals surface area contributed by atoms with E-state index in [0.29, 0.717) is 23.9 Å². The number of unbranched alkanes of at least 4 members (excludes halogenated alkanes) is 39. The zero-order valence-electron chi connectivity index (χ0n) is 52.4. The van der Waals surface area contributed by atoms with Crippen LogP contribution in [0.4, 0.5) is 0 Å². The number of likely N-dealkylation sites (N-methyl/N-ethyl adjacent to an activating group) is 1. The molecule has 0 saturated carbocycles. The van der Waals surface area contributed by atoms with E-state index in [1.807, 2.05) is 21.1 Å². The predicted octanol–water partition coefficient (Wildman–Crippen LogP) is 20.6. The second kappa shape index (κ2) is 59.8. The Labute approximate surface area is 485 Å². The van der Waals surface area contributed by atoms with E-state index in [2.05, 4.69) is 79.9 Å². The molecule has 0 rings (SSSR count). The summed E-state index contributed by atoms with van der Waals surface area (Å²) in [4.78, 5) is 25.7. The molecule has 0 aliphatic rings. The van der Waals surface area contributed by atoms with Crippen LogP contribution in [0.25, 0.3) is 0 Å². The van der Waals surface area contributed by atoms with Crippen molar-refractivity contribution in [1.29, 1.82) is 0 Å². The Bertz CT molecular complexity index is 1450. The maximum atomic E-state index is 13.0. The summed E-state index contributed by atoms with van der Waals surface area (Å²) in [6.07, 6.45) is 81.4. The van der Waals surface area contributed by atoms with E-state index < -0.39 is 20.0 Å². The Morgan fingerprint density at radius 1 is 0.462 bits per heavy atom. The van der Waals surface area contributed by atoms with Gasteiger partial charge in [0.25, 0.3) is 7.82 Å². The number of aliphatic hydroxyl groups is 1. The lowest BCUT2D eigenvalue weighted by atomic mass is 10.0. The number of carbonyl (C=O) groups excluding carboxylic acids is 1. The number of rotatable bonds is 62. The summed E-state index contributed by atoms with van der Waals surface area (Å²) in [7, 11) is 1.31. The van der Waals surface area contributed by atoms with Crippen LogP contribution in [0.15, 0.2) is 60.8 Å². The van der Waals surface area contributed by atoms with Gasteiger partial charge >= 0.3 is 0 Å². The van der Waals surface area contributed by atoms with E-state index in [-0.39, 0.29) is 19.1 Å². The SMILES string of the molecule is CC/C=C\C/C=C\C/C=C\C/C=C\C/C=C\CCCCCCCCCCCCCCCC(=O)NC(COP(=O)([O-])OCC[N+](C)(C)C)C(O)CCCCCCCCCCCCCCCCCCCCCCCCCCCCC. The summed E-state index contributed by atoms with van der Waals surface area (Å²) in [5.74, 6) is -0.163. The number of phosphoric ester groups is 1. The van der Waals surface area contributed by atoms with Crippen molar-refractivity contribution in [2.24, 2.45) is 0 Å². The normalized spacial score (nSPS) is 14.1. The van der Waals surface area contributed by atoms with Gasteiger partial charge in [0.05, 0.1) is 39.9 Å². The molecule has 0 heterocycles. The quantitative estimate of drug-likeness (QED) is 0.0272. The molecule has 1 amide bonds. The van der Waals surface area contributed by atoms with Crippen LogP contribution in [0.5, 0.6) is 0 Å². The molecule has 9 heteroatoms. The number of hydrogen-bond acceptors (Lipinski definition) is 6. The summed E-state index contributed by atoms with van der Waals surface area (Å²) in [5.41, 5.74) is 0. The lowest BCUT2D eigenvalue weighted by Gasteiger charge is -2.30. The third kappa shape index (κ3) is 61.8. The molecule has 0 aromatic heterocycles. The number of phosphoric acid groups is 1. The highest BCUT2D eigenvalue weighted by Gasteiger charge is 2.24. The van der Waals surface area contributed by atoms with Crippen molar-refractivity contribution in [2.75, 3.05) is 40.9 Å². The zero-order chi connectivity index (χ0) is 57.0. The summed E-state index contributed by atoms with van der Waals surface area (Å²) in [6.45, 7) is 4.65. The van der Waals surface area contributed by atoms with Crippen LogP contribution in [0, 0.1) is 0 Å². The van der Waals surface area contributed by atoms with Crippen molar-refractivity contribution in [3.8, 4) is 0 Å². The smallest absolute Gasteiger partial charge is 0.268 e. The molecular weight excluding hydrogens is 984 g/mol. The van der Waals surface area contributed by atoms with Crippen LogP contribution < -0.4 is 10.2 Å². The van der Waals surface area contributed by atoms with Crippen LogP contribution >= 0.6 is 7.82 Å². The minimum absolute atomic E-state index is 0.0113. The van der Waals surface area contributed by atoms with Gasteiger partial charge in [-0.2, -0.15) is 0 Å². The Hall–Kier alpha value is -1.80. The van der Waals surface area contributed by atoms with Gasteiger partial charge in [0, 0.05) is 6.42 Å². The van der Waals surface area contributed by atoms with E-state index in [1.54, 1.807) is 0 Å². The minimum atomic E-state index is -4.58. The summed E-state index contributed by atoms with van der Waals surface area (Å²) >= 11 is 0. The predicted molar refractivity (Wildman–Crippen MR) is 339 cm³/mol. The number of nitrogens with one attached hydrogen (secondary N) is 1. The van der Waals surface area contributed by atoms with Gasteiger partial charge in [-0.05, 0) is 57.8 Å². The van der Waals surface area contributed by atoms with Crippen molar-refractivity contribution in [1.82, 2.24) is 5.32 Å². The highest BCUT2D eigenvalue weighted by Crippen LogP contribution is 2.38. The third-order valence-corrected chi connectivity index (χ3v) is 16.2. The molecule has 3 atom stereocenters. The number of carbonyl (C=O) groups is 1. The fourth-order valence-electron chi connectivity index (χ4n) is 10.1. The van der Waals surface area contributed by atoms with Crippen LogP contribution in [0.3, 0.4) is 0 Å². The number of aliphatic hydroxyl groups excluding tert-OH is 1. The molecule has 0 aliphatic heterocycles. The van der Waals surface area contributed by atoms with Crippen molar-refractivity contribution < 1.29 is 32.9 Å². The van der Waals surface area contributed by atoms with Crippen LogP contribution in [-0.2, 0) is 18.4 Å². The standard InChI is InChI=1S/C69H131N2O6P/c1-6-8-10-12-14-16-18-20-22-24-26-28-30-32-34-35-37-39-41-43-45-47-49-51-53-55-57-59-61-63-69(73)70-67(66-77-78(74,75)76-65-64-71(3,4)5)68(72)62-60-58-56-54-52-50-48-46-44-42-40-38-36-33-31-29-27-25-23-21-19-17-15-13-11-9-7-2/h8,10,14,16,20,22,26,28,32,34,67-68,72H,6-7,9,11-13,15,17-19,21,23-25,27,29-31,33,35-66H2,1-5H3,(H-,70,73,74,75)/b10-8-,16-14-,22-20-,28-26-,34-32-. The van der Waals surface area contributed by atoms with E-state index in [1.165, 1.54) is 225 Å². The molecule has 0 aromatic carbocycles. The first-order valence-electron chi connectivity index (χ1n) is 33.6. The van der Waals surface area contributed by atoms with Crippen molar-refractivity contribution in [2.45, 2.75) is 334 Å². The number of quaternary nitrogens is 1. The molecule has 0 fully saturated rings. The fraction of sp³-hybridized carbons (Fsp3) is 0.841. The van der Waals surface area contributed by atoms with Gasteiger partial charge in [0.1, 0.15) is 13.2 Å². The molecule has 0 saturated heterocycles. The molecule has 3 unspecified atom stereocenters. The highest BCUT2D eigenvalue weighted by molar-refractivity contribution is 7.45. The minimum Gasteiger partial charge on any atom is -0.756 e. The topological polar surface area (TPSA) is 108 Å². The lowest BCUT2D eigenvalue weighted by Crippen LogP contribution is -2.46. The molecule has 0 radical (unpaired) electrons. The van der Waals surface area contributed by atoms with Gasteiger partial charge in [-0.25, -0.2) is 0 Å². The molecular formula is C69H131N2O6P. The van der Waals surface area contributed by atoms with Gasteiger partial charge in [0.2, 0.25) is 5.91 Å². The van der Waals surface area contributed by atoms with Gasteiger partial charge in [0.15, 0.2) is 0 Å². The second-order valence-corrected chi connectivity index (χ2v) is 25.6. The number of amides is 1. The first-order chi connectivity index (χ1) is 38.0. The fourth-order valence-corrected chi connectivity index (χ4v) is 10.8. The first-order valence-corrected chi connectivity index (χ1v) is 35.1. The van der Waals surface area contributed by atoms with Crippen LogP contribution in [-0.4, -0.2) is 68.5 Å². The maximum absolute atomic E-state index is 13.0. The van der Waals surface area contributed by atoms with Crippen molar-refractivity contribution >= 4 is 13.7 Å². The molecule has 2 N–H and O–H groups in total. The van der Waals surface area contributed by atoms with Crippen molar-refractivity contribution in [3.63, 3.8) is 0 Å². The van der Waals surface area contributed by atoms with Gasteiger partial charge in [-0.1, -0.05) is 319 Å². The summed E-state index contributed by atoms with van der Waals surface area (Å²) < 4.78 is 23.5. The first kappa shape index (κ1) is 76.2. The average molecular weight is 1120 g/mol. The number of allylic oxidation sites excluding steroid dienone is 10. The monoisotopic (exact) mass is 1110 g/mol. The maximum Gasteiger partial charge on any atom is 0.268 e. The molecule has 0 aromatic rings. The molecule has 78 heavy (non-hydrogen) atoms. The second-order valence-electron chi connectivity index (χ2n) is 24.2.